The van der Waals surface area contributed by atoms with Crippen molar-refractivity contribution in [2.24, 2.45) is 5.92 Å². The minimum Gasteiger partial charge on any atom is -0.339 e. The van der Waals surface area contributed by atoms with Crippen LogP contribution in [0.2, 0.25) is 0 Å². The average molecular weight is 473 g/mol. The summed E-state index contributed by atoms with van der Waals surface area (Å²) in [6, 6.07) is 17.4. The van der Waals surface area contributed by atoms with Crippen molar-refractivity contribution in [1.29, 1.82) is 0 Å². The maximum atomic E-state index is 13.1. The van der Waals surface area contributed by atoms with Crippen LogP contribution in [0.4, 0.5) is 11.4 Å². The van der Waals surface area contributed by atoms with Crippen LogP contribution in [0.1, 0.15) is 29.0 Å². The van der Waals surface area contributed by atoms with Crippen LogP contribution in [0.3, 0.4) is 0 Å². The fraction of sp³-hybridized carbons (Fsp3) is 0.231. The summed E-state index contributed by atoms with van der Waals surface area (Å²) in [5.41, 5.74) is 4.68. The quantitative estimate of drug-likeness (QED) is 0.427. The van der Waals surface area contributed by atoms with Gasteiger partial charge in [0.25, 0.3) is 0 Å². The summed E-state index contributed by atoms with van der Waals surface area (Å²) < 4.78 is 5.43. The Morgan fingerprint density at radius 1 is 1.15 bits per heavy atom. The van der Waals surface area contributed by atoms with Gasteiger partial charge >= 0.3 is 0 Å². The zero-order chi connectivity index (χ0) is 23.7. The van der Waals surface area contributed by atoms with Gasteiger partial charge in [0, 0.05) is 24.3 Å². The van der Waals surface area contributed by atoms with E-state index >= 15 is 0 Å². The fourth-order valence-corrected chi connectivity index (χ4v) is 4.70. The summed E-state index contributed by atoms with van der Waals surface area (Å²) in [7, 11) is 0. The lowest BCUT2D eigenvalue weighted by Gasteiger charge is -2.18. The Morgan fingerprint density at radius 3 is 2.79 bits per heavy atom. The lowest BCUT2D eigenvalue weighted by Crippen LogP contribution is -2.28. The monoisotopic (exact) mass is 472 g/mol. The predicted octanol–water partition coefficient (Wildman–Crippen LogP) is 5.00. The second kappa shape index (κ2) is 9.23. The minimum absolute atomic E-state index is 0.0383. The first-order valence-corrected chi connectivity index (χ1v) is 12.0. The molecule has 0 spiro atoms. The van der Waals surface area contributed by atoms with Crippen LogP contribution in [-0.2, 0) is 16.0 Å². The highest BCUT2D eigenvalue weighted by molar-refractivity contribution is 7.13. The van der Waals surface area contributed by atoms with Gasteiger partial charge in [0.2, 0.25) is 23.5 Å². The van der Waals surface area contributed by atoms with Crippen LogP contribution in [0.5, 0.6) is 0 Å². The Kier molecular flexibility index (Phi) is 5.98. The van der Waals surface area contributed by atoms with Crippen molar-refractivity contribution in [2.45, 2.75) is 26.7 Å². The number of benzene rings is 2. The van der Waals surface area contributed by atoms with E-state index in [4.69, 9.17) is 4.52 Å². The predicted molar refractivity (Wildman–Crippen MR) is 132 cm³/mol. The lowest BCUT2D eigenvalue weighted by molar-refractivity contribution is -0.122. The highest BCUT2D eigenvalue weighted by Crippen LogP contribution is 2.29. The number of hydrogen-bond donors (Lipinski definition) is 1. The van der Waals surface area contributed by atoms with Crippen molar-refractivity contribution >= 4 is 34.5 Å². The van der Waals surface area contributed by atoms with E-state index in [2.05, 4.69) is 15.5 Å². The number of anilines is 2. The van der Waals surface area contributed by atoms with Gasteiger partial charge in [-0.15, -0.1) is 11.3 Å². The number of para-hydroxylation sites is 1. The standard InChI is InChI=1S/C26H24N4O3S/c1-16-9-10-20(12-17(16)2)30-15-19(14-24(30)31)26(32)27-21-7-4-3-6-18(21)13-23-28-25(29-33-23)22-8-5-11-34-22/h3-12,19H,13-15H2,1-2H3,(H,27,32). The molecule has 0 bridgehead atoms. The number of nitrogens with zero attached hydrogens (tertiary/aromatic N) is 3. The molecule has 1 atom stereocenters. The van der Waals surface area contributed by atoms with E-state index in [9.17, 15) is 9.59 Å². The zero-order valence-electron chi connectivity index (χ0n) is 18.9. The molecule has 4 aromatic rings. The molecular weight excluding hydrogens is 448 g/mol. The van der Waals surface area contributed by atoms with Crippen molar-refractivity contribution in [2.75, 3.05) is 16.8 Å². The molecule has 0 radical (unpaired) electrons. The highest BCUT2D eigenvalue weighted by atomic mass is 32.1. The third-order valence-electron chi connectivity index (χ3n) is 6.12. The Balaban J connectivity index is 1.28. The van der Waals surface area contributed by atoms with Gasteiger partial charge in [-0.25, -0.2) is 0 Å². The van der Waals surface area contributed by atoms with Crippen LogP contribution in [0.25, 0.3) is 10.7 Å². The number of thiophene rings is 1. The third kappa shape index (κ3) is 4.49. The van der Waals surface area contributed by atoms with Gasteiger partial charge in [0.15, 0.2) is 0 Å². The summed E-state index contributed by atoms with van der Waals surface area (Å²) in [6.45, 7) is 4.42. The minimum atomic E-state index is -0.420. The number of hydrogen-bond acceptors (Lipinski definition) is 6. The van der Waals surface area contributed by atoms with Gasteiger partial charge in [-0.1, -0.05) is 35.5 Å². The molecule has 1 aliphatic heterocycles. The van der Waals surface area contributed by atoms with Gasteiger partial charge in [-0.2, -0.15) is 4.98 Å². The van der Waals surface area contributed by atoms with E-state index in [1.165, 1.54) is 5.56 Å². The molecule has 34 heavy (non-hydrogen) atoms. The molecule has 7 nitrogen and oxygen atoms in total. The molecule has 1 fully saturated rings. The van der Waals surface area contributed by atoms with E-state index in [-0.39, 0.29) is 18.2 Å². The van der Waals surface area contributed by atoms with E-state index in [1.807, 2.05) is 73.8 Å². The van der Waals surface area contributed by atoms with Crippen LogP contribution in [-0.4, -0.2) is 28.5 Å². The Hall–Kier alpha value is -3.78. The number of aryl methyl sites for hydroxylation is 2. The van der Waals surface area contributed by atoms with Gasteiger partial charge in [-0.3, -0.25) is 9.59 Å². The van der Waals surface area contributed by atoms with Gasteiger partial charge in [0.05, 0.1) is 17.2 Å². The Bertz CT molecular complexity index is 1350. The van der Waals surface area contributed by atoms with E-state index in [1.54, 1.807) is 16.2 Å². The summed E-state index contributed by atoms with van der Waals surface area (Å²) in [5.74, 6) is 0.404. The lowest BCUT2D eigenvalue weighted by atomic mass is 10.1. The molecule has 8 heteroatoms. The maximum Gasteiger partial charge on any atom is 0.231 e. The SMILES string of the molecule is Cc1ccc(N2CC(C(=O)Nc3ccccc3Cc3nc(-c4cccs4)no3)CC2=O)cc1C. The molecule has 1 saturated heterocycles. The van der Waals surface area contributed by atoms with Crippen molar-refractivity contribution in [3.05, 3.63) is 82.6 Å². The number of amides is 2. The van der Waals surface area contributed by atoms with Crippen molar-refractivity contribution < 1.29 is 14.1 Å². The smallest absolute Gasteiger partial charge is 0.231 e. The number of carbonyl (C=O) groups is 2. The normalized spacial score (nSPS) is 15.6. The van der Waals surface area contributed by atoms with Gasteiger partial charge in [-0.05, 0) is 60.2 Å². The van der Waals surface area contributed by atoms with Gasteiger partial charge < -0.3 is 14.7 Å². The van der Waals surface area contributed by atoms with Crippen molar-refractivity contribution in [3.63, 3.8) is 0 Å². The number of nitrogens with one attached hydrogen (secondary N) is 1. The van der Waals surface area contributed by atoms with Crippen LogP contribution in [0, 0.1) is 19.8 Å². The van der Waals surface area contributed by atoms with Crippen LogP contribution >= 0.6 is 11.3 Å². The van der Waals surface area contributed by atoms with E-state index < -0.39 is 5.92 Å². The van der Waals surface area contributed by atoms with Crippen molar-refractivity contribution in [1.82, 2.24) is 10.1 Å². The molecule has 5 rings (SSSR count). The molecular formula is C26H24N4O3S. The average Bonchev–Trinajstić information content (AvgIpc) is 3.58. The topological polar surface area (TPSA) is 88.3 Å². The molecule has 172 valence electrons. The van der Waals surface area contributed by atoms with Crippen molar-refractivity contribution in [3.8, 4) is 10.7 Å². The first-order valence-electron chi connectivity index (χ1n) is 11.1. The first-order chi connectivity index (χ1) is 16.5. The summed E-state index contributed by atoms with van der Waals surface area (Å²) in [5, 5.41) is 9.04. The molecule has 1 N–H and O–H groups in total. The maximum absolute atomic E-state index is 13.1. The van der Waals surface area contributed by atoms with Crippen LogP contribution < -0.4 is 10.2 Å². The Morgan fingerprint density at radius 2 is 2.00 bits per heavy atom. The highest BCUT2D eigenvalue weighted by Gasteiger charge is 2.35. The molecule has 3 heterocycles. The van der Waals surface area contributed by atoms with E-state index in [0.717, 1.165) is 21.7 Å². The molecule has 1 aliphatic rings. The first kappa shape index (κ1) is 22.0. The second-order valence-electron chi connectivity index (χ2n) is 8.49. The molecule has 0 saturated carbocycles. The fourth-order valence-electron chi connectivity index (χ4n) is 4.05. The second-order valence-corrected chi connectivity index (χ2v) is 9.43. The Labute approximate surface area is 201 Å². The zero-order valence-corrected chi connectivity index (χ0v) is 19.8. The summed E-state index contributed by atoms with van der Waals surface area (Å²) in [6.07, 6.45) is 0.585. The molecule has 2 aromatic carbocycles. The van der Waals surface area contributed by atoms with Crippen LogP contribution in [0.15, 0.2) is 64.5 Å². The largest absolute Gasteiger partial charge is 0.339 e. The molecule has 0 aliphatic carbocycles. The number of aromatic nitrogens is 2. The third-order valence-corrected chi connectivity index (χ3v) is 6.99. The molecule has 1 unspecified atom stereocenters. The van der Waals surface area contributed by atoms with Gasteiger partial charge in [0.1, 0.15) is 0 Å². The molecule has 2 amide bonds. The summed E-state index contributed by atoms with van der Waals surface area (Å²) in [4.78, 5) is 32.9. The van der Waals surface area contributed by atoms with E-state index in [0.29, 0.717) is 30.4 Å². The number of rotatable bonds is 6. The summed E-state index contributed by atoms with van der Waals surface area (Å²) >= 11 is 1.55. The number of carbonyl (C=O) groups excluding carboxylic acids is 2. The molecule has 2 aromatic heterocycles.